The van der Waals surface area contributed by atoms with E-state index in [0.29, 0.717) is 12.0 Å². The fourth-order valence-electron chi connectivity index (χ4n) is 2.97. The molecule has 2 aromatic rings. The minimum Gasteiger partial charge on any atom is -0.497 e. The predicted molar refractivity (Wildman–Crippen MR) is 102 cm³/mol. The van der Waals surface area contributed by atoms with Gasteiger partial charge in [0.05, 0.1) is 18.7 Å². The highest BCUT2D eigenvalue weighted by Gasteiger charge is 2.35. The van der Waals surface area contributed by atoms with E-state index in [1.54, 1.807) is 7.11 Å². The SMILES string of the molecule is COc1ccc2c(c1)OC(C)(C)CC2NC(=O)c1ccccc1I. The van der Waals surface area contributed by atoms with Crippen LogP contribution in [-0.4, -0.2) is 18.6 Å². The van der Waals surface area contributed by atoms with E-state index < -0.39 is 0 Å². The molecule has 0 aliphatic carbocycles. The molecule has 1 amide bonds. The summed E-state index contributed by atoms with van der Waals surface area (Å²) < 4.78 is 12.3. The van der Waals surface area contributed by atoms with Gasteiger partial charge in [0.25, 0.3) is 5.91 Å². The van der Waals surface area contributed by atoms with Crippen LogP contribution in [0, 0.1) is 3.57 Å². The zero-order valence-electron chi connectivity index (χ0n) is 13.9. The third-order valence-corrected chi connectivity index (χ3v) is 5.04. The van der Waals surface area contributed by atoms with Crippen LogP contribution >= 0.6 is 22.6 Å². The van der Waals surface area contributed by atoms with Crippen molar-refractivity contribution in [1.82, 2.24) is 5.32 Å². The van der Waals surface area contributed by atoms with Crippen molar-refractivity contribution in [1.29, 1.82) is 0 Å². The number of hydrogen-bond acceptors (Lipinski definition) is 3. The van der Waals surface area contributed by atoms with E-state index in [2.05, 4.69) is 27.9 Å². The van der Waals surface area contributed by atoms with Crippen molar-refractivity contribution in [2.75, 3.05) is 7.11 Å². The lowest BCUT2D eigenvalue weighted by atomic mass is 9.89. The Balaban J connectivity index is 1.91. The molecule has 0 fully saturated rings. The van der Waals surface area contributed by atoms with Gasteiger partial charge in [0.1, 0.15) is 17.1 Å². The maximum Gasteiger partial charge on any atom is 0.252 e. The van der Waals surface area contributed by atoms with Crippen molar-refractivity contribution < 1.29 is 14.3 Å². The average Bonchev–Trinajstić information content (AvgIpc) is 2.53. The zero-order chi connectivity index (χ0) is 17.3. The monoisotopic (exact) mass is 437 g/mol. The van der Waals surface area contributed by atoms with Crippen molar-refractivity contribution in [2.24, 2.45) is 0 Å². The maximum absolute atomic E-state index is 12.7. The third-order valence-electron chi connectivity index (χ3n) is 4.10. The normalized spacial score (nSPS) is 18.2. The Kier molecular flexibility index (Phi) is 4.71. The van der Waals surface area contributed by atoms with Crippen LogP contribution in [-0.2, 0) is 0 Å². The molecule has 0 saturated heterocycles. The van der Waals surface area contributed by atoms with Crippen LogP contribution in [0.4, 0.5) is 0 Å². The number of carbonyl (C=O) groups excluding carboxylic acids is 1. The lowest BCUT2D eigenvalue weighted by Crippen LogP contribution is -2.41. The van der Waals surface area contributed by atoms with E-state index in [-0.39, 0.29) is 17.6 Å². The number of rotatable bonds is 3. The summed E-state index contributed by atoms with van der Waals surface area (Å²) in [5, 5.41) is 3.16. The molecule has 0 saturated carbocycles. The fraction of sp³-hybridized carbons (Fsp3) is 0.316. The van der Waals surface area contributed by atoms with E-state index in [1.165, 1.54) is 0 Å². The van der Waals surface area contributed by atoms with Crippen LogP contribution in [0.15, 0.2) is 42.5 Å². The molecule has 0 spiro atoms. The number of nitrogens with one attached hydrogen (secondary N) is 1. The summed E-state index contributed by atoms with van der Waals surface area (Å²) in [6.07, 6.45) is 0.710. The molecule has 0 radical (unpaired) electrons. The Morgan fingerprint density at radius 1 is 1.29 bits per heavy atom. The van der Waals surface area contributed by atoms with Gasteiger partial charge in [0.2, 0.25) is 0 Å². The van der Waals surface area contributed by atoms with Gasteiger partial charge in [-0.25, -0.2) is 0 Å². The first-order valence-electron chi connectivity index (χ1n) is 7.82. The van der Waals surface area contributed by atoms with Gasteiger partial charge in [-0.15, -0.1) is 0 Å². The molecular weight excluding hydrogens is 417 g/mol. The first kappa shape index (κ1) is 17.1. The van der Waals surface area contributed by atoms with Crippen LogP contribution in [0.5, 0.6) is 11.5 Å². The molecule has 1 N–H and O–H groups in total. The molecule has 0 bridgehead atoms. The molecule has 1 atom stereocenters. The van der Waals surface area contributed by atoms with Crippen LogP contribution in [0.1, 0.15) is 42.2 Å². The molecule has 2 aromatic carbocycles. The quantitative estimate of drug-likeness (QED) is 0.728. The second-order valence-corrected chi connectivity index (χ2v) is 7.64. The van der Waals surface area contributed by atoms with Crippen molar-refractivity contribution >= 4 is 28.5 Å². The third kappa shape index (κ3) is 3.50. The predicted octanol–water partition coefficient (Wildman–Crippen LogP) is 4.33. The van der Waals surface area contributed by atoms with Gasteiger partial charge in [-0.05, 0) is 60.7 Å². The Morgan fingerprint density at radius 2 is 2.04 bits per heavy atom. The van der Waals surface area contributed by atoms with Crippen molar-refractivity contribution in [3.8, 4) is 11.5 Å². The van der Waals surface area contributed by atoms with Gasteiger partial charge in [-0.2, -0.15) is 0 Å². The summed E-state index contributed by atoms with van der Waals surface area (Å²) in [5.41, 5.74) is 1.31. The Morgan fingerprint density at radius 3 is 2.75 bits per heavy atom. The highest BCUT2D eigenvalue weighted by molar-refractivity contribution is 14.1. The number of amides is 1. The minimum absolute atomic E-state index is 0.0653. The van der Waals surface area contributed by atoms with Crippen LogP contribution in [0.25, 0.3) is 0 Å². The van der Waals surface area contributed by atoms with Gasteiger partial charge in [0.15, 0.2) is 0 Å². The first-order valence-corrected chi connectivity index (χ1v) is 8.90. The topological polar surface area (TPSA) is 47.6 Å². The van der Waals surface area contributed by atoms with E-state index in [1.807, 2.05) is 56.3 Å². The fourth-order valence-corrected chi connectivity index (χ4v) is 3.60. The second-order valence-electron chi connectivity index (χ2n) is 6.48. The minimum atomic E-state index is -0.360. The molecule has 5 heteroatoms. The smallest absolute Gasteiger partial charge is 0.252 e. The maximum atomic E-state index is 12.7. The molecule has 1 heterocycles. The molecule has 1 unspecified atom stereocenters. The van der Waals surface area contributed by atoms with E-state index in [4.69, 9.17) is 9.47 Å². The molecule has 24 heavy (non-hydrogen) atoms. The van der Waals surface area contributed by atoms with Crippen molar-refractivity contribution in [3.05, 3.63) is 57.2 Å². The Labute approximate surface area is 155 Å². The number of carbonyl (C=O) groups is 1. The second kappa shape index (κ2) is 6.63. The molecular formula is C19H20INO3. The largest absolute Gasteiger partial charge is 0.497 e. The van der Waals surface area contributed by atoms with Crippen molar-refractivity contribution in [3.63, 3.8) is 0 Å². The van der Waals surface area contributed by atoms with E-state index >= 15 is 0 Å². The number of fused-ring (bicyclic) bond motifs is 1. The molecule has 1 aliphatic heterocycles. The molecule has 0 aromatic heterocycles. The lowest BCUT2D eigenvalue weighted by molar-refractivity contribution is 0.0617. The highest BCUT2D eigenvalue weighted by Crippen LogP contribution is 2.41. The van der Waals surface area contributed by atoms with Crippen LogP contribution in [0.2, 0.25) is 0 Å². The number of ether oxygens (including phenoxy) is 2. The molecule has 126 valence electrons. The average molecular weight is 437 g/mol. The van der Waals surface area contributed by atoms with Gasteiger partial charge in [-0.1, -0.05) is 12.1 Å². The summed E-state index contributed by atoms with van der Waals surface area (Å²) in [6, 6.07) is 13.2. The van der Waals surface area contributed by atoms with Gasteiger partial charge < -0.3 is 14.8 Å². The Hall–Kier alpha value is -1.76. The molecule has 3 rings (SSSR count). The van der Waals surface area contributed by atoms with Gasteiger partial charge in [0, 0.05) is 21.6 Å². The van der Waals surface area contributed by atoms with Gasteiger partial charge in [-0.3, -0.25) is 4.79 Å². The highest BCUT2D eigenvalue weighted by atomic mass is 127. The molecule has 1 aliphatic rings. The zero-order valence-corrected chi connectivity index (χ0v) is 16.1. The summed E-state index contributed by atoms with van der Waals surface area (Å²) in [4.78, 5) is 12.7. The number of methoxy groups -OCH3 is 1. The summed E-state index contributed by atoms with van der Waals surface area (Å²) in [6.45, 7) is 4.06. The van der Waals surface area contributed by atoms with E-state index in [0.717, 1.165) is 20.6 Å². The number of hydrogen-bond donors (Lipinski definition) is 1. The van der Waals surface area contributed by atoms with Gasteiger partial charge >= 0.3 is 0 Å². The van der Waals surface area contributed by atoms with Crippen molar-refractivity contribution in [2.45, 2.75) is 31.9 Å². The molecule has 4 nitrogen and oxygen atoms in total. The summed E-state index contributed by atoms with van der Waals surface area (Å²) in [5.74, 6) is 1.44. The lowest BCUT2D eigenvalue weighted by Gasteiger charge is -2.38. The van der Waals surface area contributed by atoms with E-state index in [9.17, 15) is 4.79 Å². The first-order chi connectivity index (χ1) is 11.4. The summed E-state index contributed by atoms with van der Waals surface area (Å²) >= 11 is 2.18. The number of halogens is 1. The van der Waals surface area contributed by atoms with Crippen LogP contribution < -0.4 is 14.8 Å². The van der Waals surface area contributed by atoms with Crippen LogP contribution in [0.3, 0.4) is 0 Å². The number of benzene rings is 2. The summed E-state index contributed by atoms with van der Waals surface area (Å²) in [7, 11) is 1.63. The Bertz CT molecular complexity index is 773. The standard InChI is InChI=1S/C19H20INO3/c1-19(2)11-16(14-9-8-12(23-3)10-17(14)24-19)21-18(22)13-6-4-5-7-15(13)20/h4-10,16H,11H2,1-3H3,(H,21,22).